The molecule has 5 rings (SSSR count). The van der Waals surface area contributed by atoms with Crippen LogP contribution in [-0.4, -0.2) is 0 Å². The van der Waals surface area contributed by atoms with Crippen LogP contribution in [0.3, 0.4) is 0 Å². The van der Waals surface area contributed by atoms with Gasteiger partial charge in [0.15, 0.2) is 0 Å². The van der Waals surface area contributed by atoms with Crippen molar-refractivity contribution in [1.29, 1.82) is 0 Å². The Kier molecular flexibility index (Phi) is 6.71. The van der Waals surface area contributed by atoms with E-state index in [1.165, 1.54) is 44.4 Å². The van der Waals surface area contributed by atoms with E-state index in [9.17, 15) is 0 Å². The molecule has 0 aromatic heterocycles. The molecule has 0 N–H and O–H groups in total. The first-order valence-electron chi connectivity index (χ1n) is 8.47. The van der Waals surface area contributed by atoms with Gasteiger partial charge in [-0.3, -0.25) is 0 Å². The van der Waals surface area contributed by atoms with Crippen molar-refractivity contribution in [3.05, 3.63) is 87.4 Å². The molecule has 0 fully saturated rings. The maximum atomic E-state index is 6.27. The predicted molar refractivity (Wildman–Crippen MR) is 108 cm³/mol. The van der Waals surface area contributed by atoms with Crippen LogP contribution in [0.25, 0.3) is 17.2 Å². The Morgan fingerprint density at radius 1 is 0.852 bits per heavy atom. The molecule has 27 heavy (non-hydrogen) atoms. The third kappa shape index (κ3) is 3.51. The monoisotopic (exact) mass is 550 g/mol. The van der Waals surface area contributed by atoms with Crippen LogP contribution in [0, 0.1) is 0 Å². The molecular weight excluding hydrogens is 538 g/mol. The number of hydrogen-bond donors (Lipinski definition) is 0. The van der Waals surface area contributed by atoms with Gasteiger partial charge in [0.1, 0.15) is 0 Å². The Labute approximate surface area is 191 Å². The van der Waals surface area contributed by atoms with Crippen LogP contribution >= 0.6 is 24.8 Å². The van der Waals surface area contributed by atoms with Gasteiger partial charge >= 0.3 is 168 Å². The molecule has 0 heterocycles. The summed E-state index contributed by atoms with van der Waals surface area (Å²) in [5, 5.41) is 0. The SMILES string of the molecule is [Cl-].[Cl-].[S]=[Zr+2]([c]1ccc(Br)c2c1C=CC2)[c]1cccc2c1-c1ccccc1C2. The fraction of sp³-hybridized carbons (Fsp3) is 0.0909. The third-order valence-corrected chi connectivity index (χ3v) is 13.1. The molecule has 3 aromatic carbocycles. The fourth-order valence-corrected chi connectivity index (χ4v) is 11.0. The number of allylic oxidation sites excluding steroid dienone is 1. The van der Waals surface area contributed by atoms with Crippen LogP contribution in [0.5, 0.6) is 0 Å². The van der Waals surface area contributed by atoms with E-state index >= 15 is 0 Å². The van der Waals surface area contributed by atoms with Crippen LogP contribution in [0.4, 0.5) is 0 Å². The molecule has 0 saturated carbocycles. The Morgan fingerprint density at radius 2 is 1.63 bits per heavy atom. The van der Waals surface area contributed by atoms with Gasteiger partial charge < -0.3 is 24.8 Å². The molecule has 0 spiro atoms. The van der Waals surface area contributed by atoms with Crippen LogP contribution in [0.15, 0.2) is 65.1 Å². The Morgan fingerprint density at radius 3 is 2.48 bits per heavy atom. The Bertz CT molecular complexity index is 1090. The average Bonchev–Trinajstić information content (AvgIpc) is 3.26. The van der Waals surface area contributed by atoms with E-state index in [0.717, 1.165) is 12.8 Å². The number of rotatable bonds is 2. The zero-order valence-electron chi connectivity index (χ0n) is 14.3. The number of benzene rings is 3. The molecule has 2 aliphatic rings. The fourth-order valence-electron chi connectivity index (χ4n) is 4.05. The second-order valence-corrected chi connectivity index (χ2v) is 14.1. The predicted octanol–water partition coefficient (Wildman–Crippen LogP) is -0.721. The van der Waals surface area contributed by atoms with Crippen molar-refractivity contribution < 1.29 is 44.5 Å². The maximum absolute atomic E-state index is 6.27. The van der Waals surface area contributed by atoms with Crippen LogP contribution in [0.1, 0.15) is 22.3 Å². The summed E-state index contributed by atoms with van der Waals surface area (Å²) < 4.78 is 4.12. The number of halogens is 3. The molecule has 0 atom stereocenters. The van der Waals surface area contributed by atoms with E-state index in [1.54, 1.807) is 0 Å². The first-order chi connectivity index (χ1) is 12.2. The van der Waals surface area contributed by atoms with E-state index in [1.807, 2.05) is 0 Å². The van der Waals surface area contributed by atoms with E-state index in [4.69, 9.17) is 8.86 Å². The summed E-state index contributed by atoms with van der Waals surface area (Å²) in [4.78, 5) is 0. The molecule has 5 heteroatoms. The van der Waals surface area contributed by atoms with Gasteiger partial charge in [-0.05, 0) is 0 Å². The first-order valence-corrected chi connectivity index (χ1v) is 15.1. The van der Waals surface area contributed by atoms with E-state index < -0.39 is 19.7 Å². The molecule has 0 aliphatic heterocycles. The number of fused-ring (bicyclic) bond motifs is 4. The van der Waals surface area contributed by atoms with E-state index in [0.29, 0.717) is 0 Å². The summed E-state index contributed by atoms with van der Waals surface area (Å²) in [6.07, 6.45) is 6.60. The van der Waals surface area contributed by atoms with Gasteiger partial charge in [-0.2, -0.15) is 0 Å². The standard InChI is InChI=1S/C13H9.C9H6Br.2ClH.S.Zr/c1-3-7-12-10(5-1)9-11-6-2-4-8-13(11)12;10-9-6-2-4-7-3-1-5-8(7)9;;;;/h1-7H,9H2;1-3,6H,5H2;2*1H;;/q;;;;;+2/p-2. The number of hydrogen-bond acceptors (Lipinski definition) is 1. The van der Waals surface area contributed by atoms with Crippen molar-refractivity contribution in [1.82, 2.24) is 0 Å². The summed E-state index contributed by atoms with van der Waals surface area (Å²) >= 11 is 1.35. The first kappa shape index (κ1) is 21.3. The van der Waals surface area contributed by atoms with Gasteiger partial charge in [0.25, 0.3) is 0 Å². The van der Waals surface area contributed by atoms with Crippen molar-refractivity contribution in [3.63, 3.8) is 0 Å². The molecule has 0 unspecified atom stereocenters. The van der Waals surface area contributed by atoms with Crippen LogP contribution in [0.2, 0.25) is 0 Å². The van der Waals surface area contributed by atoms with Crippen molar-refractivity contribution in [2.45, 2.75) is 12.8 Å². The molecule has 3 aromatic rings. The summed E-state index contributed by atoms with van der Waals surface area (Å²) in [6, 6.07) is 20.1. The zero-order valence-corrected chi connectivity index (χ0v) is 20.7. The molecule has 134 valence electrons. The van der Waals surface area contributed by atoms with Crippen molar-refractivity contribution in [3.8, 4) is 11.1 Å². The Balaban J connectivity index is 0.00000105. The van der Waals surface area contributed by atoms with Crippen molar-refractivity contribution in [2.24, 2.45) is 0 Å². The molecule has 0 radical (unpaired) electrons. The van der Waals surface area contributed by atoms with Gasteiger partial charge in [-0.25, -0.2) is 0 Å². The minimum atomic E-state index is -2.36. The molecule has 0 saturated heterocycles. The third-order valence-electron chi connectivity index (χ3n) is 5.21. The zero-order chi connectivity index (χ0) is 17.0. The summed E-state index contributed by atoms with van der Waals surface area (Å²) in [6.45, 7) is 0. The van der Waals surface area contributed by atoms with Crippen LogP contribution in [-0.2, 0) is 32.6 Å². The van der Waals surface area contributed by atoms with E-state index in [2.05, 4.69) is 82.7 Å². The van der Waals surface area contributed by atoms with E-state index in [-0.39, 0.29) is 24.8 Å². The minimum absolute atomic E-state index is 0. The van der Waals surface area contributed by atoms with Crippen LogP contribution < -0.4 is 31.4 Å². The molecule has 0 nitrogen and oxygen atoms in total. The summed E-state index contributed by atoms with van der Waals surface area (Å²) in [7, 11) is 6.27. The Hall–Kier alpha value is -0.437. The quantitative estimate of drug-likeness (QED) is 0.316. The topological polar surface area (TPSA) is 0 Å². The van der Waals surface area contributed by atoms with Crippen molar-refractivity contribution >= 4 is 37.4 Å². The van der Waals surface area contributed by atoms with Gasteiger partial charge in [-0.1, -0.05) is 0 Å². The van der Waals surface area contributed by atoms with Gasteiger partial charge in [0.2, 0.25) is 0 Å². The second kappa shape index (κ2) is 8.51. The average molecular weight is 553 g/mol. The summed E-state index contributed by atoms with van der Waals surface area (Å²) in [5.74, 6) is 0. The van der Waals surface area contributed by atoms with Gasteiger partial charge in [0, 0.05) is 0 Å². The molecule has 0 amide bonds. The molecular formula is C22H15BrCl2SZr. The normalized spacial score (nSPS) is 12.1. The van der Waals surface area contributed by atoms with Gasteiger partial charge in [0.05, 0.1) is 0 Å². The molecule has 0 bridgehead atoms. The molecule has 2 aliphatic carbocycles. The summed E-state index contributed by atoms with van der Waals surface area (Å²) in [5.41, 5.74) is 8.54. The van der Waals surface area contributed by atoms with Crippen molar-refractivity contribution in [2.75, 3.05) is 0 Å². The van der Waals surface area contributed by atoms with Gasteiger partial charge in [-0.15, -0.1) is 0 Å². The second-order valence-electron chi connectivity index (χ2n) is 6.60.